The van der Waals surface area contributed by atoms with Gasteiger partial charge in [0.1, 0.15) is 11.5 Å². The highest BCUT2D eigenvalue weighted by Crippen LogP contribution is 2.36. The number of rotatable bonds is 8. The number of aromatic nitrogens is 1. The molecule has 0 radical (unpaired) electrons. The first-order chi connectivity index (χ1) is 13.6. The van der Waals surface area contributed by atoms with E-state index in [9.17, 15) is 4.79 Å². The van der Waals surface area contributed by atoms with Gasteiger partial charge < -0.3 is 14.2 Å². The first-order valence-electron chi connectivity index (χ1n) is 9.38. The number of ether oxygens (including phenoxy) is 3. The van der Waals surface area contributed by atoms with E-state index in [4.69, 9.17) is 19.2 Å². The van der Waals surface area contributed by atoms with Crippen molar-refractivity contribution in [2.45, 2.75) is 13.3 Å². The van der Waals surface area contributed by atoms with Gasteiger partial charge in [-0.3, -0.25) is 14.6 Å². The molecule has 0 unspecified atom stereocenters. The van der Waals surface area contributed by atoms with E-state index in [-0.39, 0.29) is 5.91 Å². The monoisotopic (exact) mass is 405 g/mol. The zero-order chi connectivity index (χ0) is 19.9. The summed E-state index contributed by atoms with van der Waals surface area (Å²) < 4.78 is 16.2. The fourth-order valence-corrected chi connectivity index (χ4v) is 4.09. The number of amides is 1. The van der Waals surface area contributed by atoms with Gasteiger partial charge in [-0.05, 0) is 24.6 Å². The van der Waals surface area contributed by atoms with E-state index < -0.39 is 0 Å². The van der Waals surface area contributed by atoms with Gasteiger partial charge in [-0.15, -0.1) is 11.3 Å². The van der Waals surface area contributed by atoms with Crippen molar-refractivity contribution in [1.82, 2.24) is 9.88 Å². The lowest BCUT2D eigenvalue weighted by Crippen LogP contribution is -2.38. The van der Waals surface area contributed by atoms with E-state index in [2.05, 4.69) is 4.90 Å². The van der Waals surface area contributed by atoms with Gasteiger partial charge in [-0.25, -0.2) is 4.98 Å². The van der Waals surface area contributed by atoms with Crippen molar-refractivity contribution >= 4 is 22.4 Å². The molecular formula is C20H27N3O4S. The topological polar surface area (TPSA) is 64.1 Å². The molecule has 0 aliphatic carbocycles. The summed E-state index contributed by atoms with van der Waals surface area (Å²) in [5.74, 6) is 1.46. The Bertz CT molecular complexity index is 790. The lowest BCUT2D eigenvalue weighted by molar-refractivity contribution is -0.116. The Balaban J connectivity index is 1.71. The van der Waals surface area contributed by atoms with E-state index in [1.54, 1.807) is 26.0 Å². The van der Waals surface area contributed by atoms with E-state index in [0.29, 0.717) is 11.7 Å². The van der Waals surface area contributed by atoms with Gasteiger partial charge in [0, 0.05) is 44.0 Å². The molecule has 0 atom stereocenters. The average Bonchev–Trinajstić information content (AvgIpc) is 3.20. The van der Waals surface area contributed by atoms with Crippen LogP contribution >= 0.6 is 11.3 Å². The number of hydrogen-bond acceptors (Lipinski definition) is 7. The van der Waals surface area contributed by atoms with Gasteiger partial charge in [-0.1, -0.05) is 0 Å². The molecule has 1 amide bonds. The van der Waals surface area contributed by atoms with Gasteiger partial charge in [0.05, 0.1) is 33.1 Å². The van der Waals surface area contributed by atoms with Crippen molar-refractivity contribution in [2.24, 2.45) is 0 Å². The molecule has 1 aromatic carbocycles. The summed E-state index contributed by atoms with van der Waals surface area (Å²) >= 11 is 1.46. The quantitative estimate of drug-likeness (QED) is 0.673. The number of thiazole rings is 1. The summed E-state index contributed by atoms with van der Waals surface area (Å²) in [6, 6.07) is 5.61. The minimum absolute atomic E-state index is 0.000449. The molecule has 1 aromatic heterocycles. The second-order valence-electron chi connectivity index (χ2n) is 6.56. The fraction of sp³-hybridized carbons (Fsp3) is 0.500. The number of carbonyl (C=O) groups is 1. The van der Waals surface area contributed by atoms with Gasteiger partial charge in [0.25, 0.3) is 0 Å². The Morgan fingerprint density at radius 3 is 2.75 bits per heavy atom. The molecule has 152 valence electrons. The first kappa shape index (κ1) is 20.6. The minimum Gasteiger partial charge on any atom is -0.497 e. The van der Waals surface area contributed by atoms with Crippen LogP contribution in [0.15, 0.2) is 23.6 Å². The van der Waals surface area contributed by atoms with Crippen LogP contribution in [0.5, 0.6) is 11.5 Å². The molecule has 0 saturated carbocycles. The highest BCUT2D eigenvalue weighted by atomic mass is 32.1. The number of hydrogen-bond donors (Lipinski definition) is 0. The summed E-state index contributed by atoms with van der Waals surface area (Å²) in [5, 5.41) is 2.65. The van der Waals surface area contributed by atoms with Crippen molar-refractivity contribution in [3.63, 3.8) is 0 Å². The van der Waals surface area contributed by atoms with Crippen LogP contribution in [0.1, 0.15) is 13.3 Å². The van der Waals surface area contributed by atoms with Crippen LogP contribution in [-0.2, 0) is 9.53 Å². The normalized spacial score (nSPS) is 14.7. The van der Waals surface area contributed by atoms with E-state index in [0.717, 1.165) is 62.0 Å². The third-order valence-corrected chi connectivity index (χ3v) is 5.61. The molecule has 8 heteroatoms. The number of nitrogens with zero attached hydrogens (tertiary/aromatic N) is 3. The Hall–Kier alpha value is -2.16. The van der Waals surface area contributed by atoms with E-state index in [1.807, 2.05) is 23.6 Å². The molecule has 0 N–H and O–H groups in total. The van der Waals surface area contributed by atoms with E-state index in [1.165, 1.54) is 11.3 Å². The van der Waals surface area contributed by atoms with Crippen molar-refractivity contribution < 1.29 is 19.0 Å². The van der Waals surface area contributed by atoms with Gasteiger partial charge in [0.2, 0.25) is 5.91 Å². The number of benzene rings is 1. The SMILES string of the molecule is COc1ccc(OC)c(-c2csc(N(CCCN3CCOCC3)C(C)=O)n2)c1. The molecule has 0 spiro atoms. The summed E-state index contributed by atoms with van der Waals surface area (Å²) in [6.07, 6.45) is 0.900. The molecule has 1 aliphatic heterocycles. The fourth-order valence-electron chi connectivity index (χ4n) is 3.19. The predicted molar refractivity (Wildman–Crippen MR) is 111 cm³/mol. The van der Waals surface area contributed by atoms with Crippen molar-refractivity contribution in [3.8, 4) is 22.8 Å². The third-order valence-electron chi connectivity index (χ3n) is 4.75. The summed E-state index contributed by atoms with van der Waals surface area (Å²) in [7, 11) is 3.26. The Labute approximate surface area is 169 Å². The predicted octanol–water partition coefficient (Wildman–Crippen LogP) is 2.90. The number of carbonyl (C=O) groups excluding carboxylic acids is 1. The van der Waals surface area contributed by atoms with Crippen molar-refractivity contribution in [1.29, 1.82) is 0 Å². The van der Waals surface area contributed by atoms with Crippen molar-refractivity contribution in [3.05, 3.63) is 23.6 Å². The molecular weight excluding hydrogens is 378 g/mol. The van der Waals surface area contributed by atoms with Crippen LogP contribution in [0.25, 0.3) is 11.3 Å². The maximum Gasteiger partial charge on any atom is 0.225 e. The van der Waals surface area contributed by atoms with Gasteiger partial charge in [0.15, 0.2) is 5.13 Å². The molecule has 0 bridgehead atoms. The molecule has 1 saturated heterocycles. The molecule has 3 rings (SSSR count). The zero-order valence-electron chi connectivity index (χ0n) is 16.6. The van der Waals surface area contributed by atoms with Crippen LogP contribution in [0.4, 0.5) is 5.13 Å². The molecule has 1 aliphatic rings. The molecule has 2 aromatic rings. The second-order valence-corrected chi connectivity index (χ2v) is 7.40. The molecule has 28 heavy (non-hydrogen) atoms. The summed E-state index contributed by atoms with van der Waals surface area (Å²) in [4.78, 5) is 21.0. The largest absolute Gasteiger partial charge is 0.497 e. The smallest absolute Gasteiger partial charge is 0.225 e. The maximum atomic E-state index is 12.2. The van der Waals surface area contributed by atoms with Gasteiger partial charge in [-0.2, -0.15) is 0 Å². The van der Waals surface area contributed by atoms with Crippen LogP contribution in [0.2, 0.25) is 0 Å². The Morgan fingerprint density at radius 2 is 2.07 bits per heavy atom. The minimum atomic E-state index is 0.000449. The highest BCUT2D eigenvalue weighted by Gasteiger charge is 2.19. The maximum absolute atomic E-state index is 12.2. The van der Waals surface area contributed by atoms with Crippen LogP contribution in [-0.4, -0.2) is 69.4 Å². The standard InChI is InChI=1S/C20H27N3O4S/c1-15(24)23(8-4-7-22-9-11-27-12-10-22)20-21-18(14-28-20)17-13-16(25-2)5-6-19(17)26-3/h5-6,13-14H,4,7-12H2,1-3H3. The molecule has 2 heterocycles. The number of morpholine rings is 1. The van der Waals surface area contributed by atoms with Crippen LogP contribution in [0.3, 0.4) is 0 Å². The first-order valence-corrected chi connectivity index (χ1v) is 10.3. The molecule has 1 fully saturated rings. The summed E-state index contributed by atoms with van der Waals surface area (Å²) in [5.41, 5.74) is 1.62. The third kappa shape index (κ3) is 5.01. The van der Waals surface area contributed by atoms with E-state index >= 15 is 0 Å². The summed E-state index contributed by atoms with van der Waals surface area (Å²) in [6.45, 7) is 6.67. The lowest BCUT2D eigenvalue weighted by atomic mass is 10.1. The van der Waals surface area contributed by atoms with Crippen LogP contribution in [0, 0.1) is 0 Å². The lowest BCUT2D eigenvalue weighted by Gasteiger charge is -2.27. The average molecular weight is 406 g/mol. The highest BCUT2D eigenvalue weighted by molar-refractivity contribution is 7.14. The van der Waals surface area contributed by atoms with Crippen molar-refractivity contribution in [2.75, 3.05) is 58.5 Å². The second kappa shape index (κ2) is 9.86. The number of anilines is 1. The Kier molecular flexibility index (Phi) is 7.24. The molecule has 7 nitrogen and oxygen atoms in total. The number of methoxy groups -OCH3 is 2. The van der Waals surface area contributed by atoms with Gasteiger partial charge >= 0.3 is 0 Å². The van der Waals surface area contributed by atoms with Crippen LogP contribution < -0.4 is 14.4 Å². The Morgan fingerprint density at radius 1 is 1.29 bits per heavy atom. The zero-order valence-corrected chi connectivity index (χ0v) is 17.5.